The van der Waals surface area contributed by atoms with E-state index in [0.717, 1.165) is 51.4 Å². The number of hydrogen-bond acceptors (Lipinski definition) is 3. The average Bonchev–Trinajstić information content (AvgIpc) is 3.25. The molecule has 0 aliphatic heterocycles. The Bertz CT molecular complexity index is 996. The molecule has 0 aliphatic carbocycles. The molecule has 4 heteroatoms. The lowest BCUT2D eigenvalue weighted by Crippen LogP contribution is -2.45. The predicted octanol–water partition coefficient (Wildman–Crippen LogP) is 17.2. The lowest BCUT2D eigenvalue weighted by atomic mass is 10.0. The molecule has 0 saturated carbocycles. The van der Waals surface area contributed by atoms with Crippen LogP contribution in [-0.4, -0.2) is 34.9 Å². The number of unbranched alkanes of at least 4 members (excludes halogenated alkanes) is 33. The van der Waals surface area contributed by atoms with Gasteiger partial charge in [-0.25, -0.2) is 0 Å². The summed E-state index contributed by atoms with van der Waals surface area (Å²) < 4.78 is 0. The fraction of sp³-hybridized carbons (Fsp3) is 0.804. The van der Waals surface area contributed by atoms with E-state index >= 15 is 0 Å². The molecule has 0 rings (SSSR count). The van der Waals surface area contributed by atoms with Crippen molar-refractivity contribution in [3.63, 3.8) is 0 Å². The van der Waals surface area contributed by atoms with Gasteiger partial charge in [0.2, 0.25) is 5.91 Å². The summed E-state index contributed by atoms with van der Waals surface area (Å²) in [7, 11) is 0. The predicted molar refractivity (Wildman–Crippen MR) is 267 cm³/mol. The highest BCUT2D eigenvalue weighted by atomic mass is 16.3. The lowest BCUT2D eigenvalue weighted by molar-refractivity contribution is -0.123. The van der Waals surface area contributed by atoms with Crippen LogP contribution < -0.4 is 5.32 Å². The number of aliphatic hydroxyl groups is 2. The molecule has 3 N–H and O–H groups in total. The molecule has 2 unspecified atom stereocenters. The summed E-state index contributed by atoms with van der Waals surface area (Å²) in [5.74, 6) is -0.0791. The zero-order chi connectivity index (χ0) is 43.5. The van der Waals surface area contributed by atoms with Crippen molar-refractivity contribution >= 4 is 5.91 Å². The van der Waals surface area contributed by atoms with Gasteiger partial charge in [-0.2, -0.15) is 0 Å². The Morgan fingerprint density at radius 3 is 1.12 bits per heavy atom. The highest BCUT2D eigenvalue weighted by Crippen LogP contribution is 2.16. The number of nitrogens with one attached hydrogen (secondary N) is 1. The summed E-state index contributed by atoms with van der Waals surface area (Å²) >= 11 is 0. The molecule has 60 heavy (non-hydrogen) atoms. The van der Waals surface area contributed by atoms with Crippen LogP contribution in [0.3, 0.4) is 0 Å². The first-order valence-corrected chi connectivity index (χ1v) is 26.5. The van der Waals surface area contributed by atoms with E-state index in [4.69, 9.17) is 0 Å². The second kappa shape index (κ2) is 51.4. The van der Waals surface area contributed by atoms with Gasteiger partial charge in [0.25, 0.3) is 0 Å². The fourth-order valence-corrected chi connectivity index (χ4v) is 7.90. The number of aliphatic hydroxyl groups excluding tert-OH is 2. The van der Waals surface area contributed by atoms with Gasteiger partial charge >= 0.3 is 0 Å². The molecule has 0 fully saturated rings. The Balaban J connectivity index is 3.43. The Hall–Kier alpha value is -1.91. The first kappa shape index (κ1) is 58.1. The van der Waals surface area contributed by atoms with Gasteiger partial charge in [0.05, 0.1) is 18.8 Å². The van der Waals surface area contributed by atoms with Crippen molar-refractivity contribution in [3.05, 3.63) is 60.8 Å². The molecule has 0 aromatic heterocycles. The van der Waals surface area contributed by atoms with Gasteiger partial charge in [-0.05, 0) is 70.6 Å². The third-order valence-corrected chi connectivity index (χ3v) is 11.9. The van der Waals surface area contributed by atoms with Crippen molar-refractivity contribution in [2.24, 2.45) is 0 Å². The molecular formula is C56H103NO3. The SMILES string of the molecule is CCC/C=C/CC/C=C/CC/C=C/C(O)C(CO)NC(=O)CCCCCCCCCCCCCCCCCCC/C=C\C/C=C\CCCCCCCCCCCCCCC. The molecular weight excluding hydrogens is 735 g/mol. The Labute approximate surface area is 375 Å². The summed E-state index contributed by atoms with van der Waals surface area (Å²) in [6, 6.07) is -0.645. The molecule has 1 amide bonds. The number of carbonyl (C=O) groups is 1. The van der Waals surface area contributed by atoms with Crippen LogP contribution in [0, 0.1) is 0 Å². The van der Waals surface area contributed by atoms with E-state index in [1.807, 2.05) is 6.08 Å². The maximum Gasteiger partial charge on any atom is 0.220 e. The molecule has 0 heterocycles. The molecule has 350 valence electrons. The van der Waals surface area contributed by atoms with Crippen LogP contribution in [0.4, 0.5) is 0 Å². The standard InChI is InChI=1S/C56H103NO3/c1-3-5-7-9-11-13-15-16-17-18-19-20-21-22-23-24-25-26-27-28-29-30-31-32-33-34-35-36-37-38-39-40-42-44-46-48-50-52-56(60)57-54(53-58)55(59)51-49-47-45-43-41-14-12-10-8-6-4-2/h8,10,23-24,26-27,41,43,49,51,54-55,58-59H,3-7,9,11-22,25,28-40,42,44-48,50,52-53H2,1-2H3,(H,57,60)/b10-8+,24-23-,27-26-,43-41+,51-49+. The van der Waals surface area contributed by atoms with Gasteiger partial charge in [-0.15, -0.1) is 0 Å². The normalized spacial score (nSPS) is 13.3. The first-order chi connectivity index (χ1) is 29.7. The molecule has 4 nitrogen and oxygen atoms in total. The molecule has 2 atom stereocenters. The minimum absolute atomic E-state index is 0.0791. The Kier molecular flexibility index (Phi) is 49.8. The Morgan fingerprint density at radius 1 is 0.400 bits per heavy atom. The smallest absolute Gasteiger partial charge is 0.220 e. The van der Waals surface area contributed by atoms with Crippen molar-refractivity contribution < 1.29 is 15.0 Å². The van der Waals surface area contributed by atoms with E-state index in [1.54, 1.807) is 6.08 Å². The number of amides is 1. The van der Waals surface area contributed by atoms with E-state index in [1.165, 1.54) is 199 Å². The molecule has 0 aromatic rings. The molecule has 0 aromatic carbocycles. The van der Waals surface area contributed by atoms with E-state index in [-0.39, 0.29) is 12.5 Å². The fourth-order valence-electron chi connectivity index (χ4n) is 7.90. The van der Waals surface area contributed by atoms with Crippen LogP contribution in [0.2, 0.25) is 0 Å². The van der Waals surface area contributed by atoms with Crippen molar-refractivity contribution in [3.8, 4) is 0 Å². The van der Waals surface area contributed by atoms with Crippen LogP contribution in [0.5, 0.6) is 0 Å². The quantitative estimate of drug-likeness (QED) is 0.0422. The molecule has 0 aliphatic rings. The van der Waals surface area contributed by atoms with Gasteiger partial charge in [0.15, 0.2) is 0 Å². The number of rotatable bonds is 48. The van der Waals surface area contributed by atoms with Gasteiger partial charge in [0, 0.05) is 6.42 Å². The van der Waals surface area contributed by atoms with Gasteiger partial charge in [-0.3, -0.25) is 4.79 Å². The van der Waals surface area contributed by atoms with Gasteiger partial charge < -0.3 is 15.5 Å². The summed E-state index contributed by atoms with van der Waals surface area (Å²) in [4.78, 5) is 12.4. The van der Waals surface area contributed by atoms with Crippen LogP contribution >= 0.6 is 0 Å². The van der Waals surface area contributed by atoms with Crippen LogP contribution in [0.1, 0.15) is 271 Å². The van der Waals surface area contributed by atoms with E-state index < -0.39 is 12.1 Å². The zero-order valence-corrected chi connectivity index (χ0v) is 40.2. The third kappa shape index (κ3) is 47.1. The van der Waals surface area contributed by atoms with Crippen LogP contribution in [-0.2, 0) is 4.79 Å². The second-order valence-electron chi connectivity index (χ2n) is 17.9. The molecule has 0 radical (unpaired) electrons. The van der Waals surface area contributed by atoms with E-state index in [2.05, 4.69) is 67.8 Å². The van der Waals surface area contributed by atoms with Crippen molar-refractivity contribution in [1.82, 2.24) is 5.32 Å². The Morgan fingerprint density at radius 2 is 0.733 bits per heavy atom. The maximum absolute atomic E-state index is 12.4. The van der Waals surface area contributed by atoms with Gasteiger partial charge in [-0.1, -0.05) is 254 Å². The minimum Gasteiger partial charge on any atom is -0.394 e. The van der Waals surface area contributed by atoms with Gasteiger partial charge in [0.1, 0.15) is 0 Å². The van der Waals surface area contributed by atoms with Crippen LogP contribution in [0.15, 0.2) is 60.8 Å². The number of allylic oxidation sites excluding steroid dienone is 9. The third-order valence-electron chi connectivity index (χ3n) is 11.9. The minimum atomic E-state index is -0.869. The monoisotopic (exact) mass is 838 g/mol. The van der Waals surface area contributed by atoms with Crippen molar-refractivity contribution in [2.75, 3.05) is 6.61 Å². The highest BCUT2D eigenvalue weighted by Gasteiger charge is 2.17. The number of carbonyl (C=O) groups excluding carboxylic acids is 1. The average molecular weight is 838 g/mol. The van der Waals surface area contributed by atoms with Crippen molar-refractivity contribution in [2.45, 2.75) is 283 Å². The first-order valence-electron chi connectivity index (χ1n) is 26.5. The molecule has 0 spiro atoms. The van der Waals surface area contributed by atoms with E-state index in [9.17, 15) is 15.0 Å². The highest BCUT2D eigenvalue weighted by molar-refractivity contribution is 5.76. The lowest BCUT2D eigenvalue weighted by Gasteiger charge is -2.19. The summed E-state index contributed by atoms with van der Waals surface area (Å²) in [6.45, 7) is 4.23. The summed E-state index contributed by atoms with van der Waals surface area (Å²) in [5, 5.41) is 22.9. The second-order valence-corrected chi connectivity index (χ2v) is 17.9. The number of hydrogen-bond donors (Lipinski definition) is 3. The molecule has 0 saturated heterocycles. The van der Waals surface area contributed by atoms with Crippen molar-refractivity contribution in [1.29, 1.82) is 0 Å². The van der Waals surface area contributed by atoms with Crippen LogP contribution in [0.25, 0.3) is 0 Å². The maximum atomic E-state index is 12.4. The largest absolute Gasteiger partial charge is 0.394 e. The molecule has 0 bridgehead atoms. The van der Waals surface area contributed by atoms with E-state index in [0.29, 0.717) is 6.42 Å². The summed E-state index contributed by atoms with van der Waals surface area (Å²) in [6.07, 6.45) is 72.5. The topological polar surface area (TPSA) is 69.6 Å². The zero-order valence-electron chi connectivity index (χ0n) is 40.2. The summed E-state index contributed by atoms with van der Waals surface area (Å²) in [5.41, 5.74) is 0.